The van der Waals surface area contributed by atoms with Crippen LogP contribution in [-0.2, 0) is 20.4 Å². The van der Waals surface area contributed by atoms with Gasteiger partial charge in [-0.15, -0.1) is 23.5 Å². The molecule has 3 nitrogen and oxygen atoms in total. The van der Waals surface area contributed by atoms with Crippen molar-refractivity contribution in [3.63, 3.8) is 0 Å². The summed E-state index contributed by atoms with van der Waals surface area (Å²) in [5.74, 6) is 0.728. The lowest BCUT2D eigenvalue weighted by Gasteiger charge is -2.32. The van der Waals surface area contributed by atoms with E-state index in [0.29, 0.717) is 22.8 Å². The Morgan fingerprint density at radius 1 is 0.941 bits per heavy atom. The summed E-state index contributed by atoms with van der Waals surface area (Å²) < 4.78 is 5.58. The zero-order valence-corrected chi connectivity index (χ0v) is 24.4. The quantitative estimate of drug-likeness (QED) is 0.294. The topological polar surface area (TPSA) is 38.3 Å². The van der Waals surface area contributed by atoms with Crippen LogP contribution >= 0.6 is 23.5 Å². The van der Waals surface area contributed by atoms with E-state index in [9.17, 15) is 4.79 Å². The summed E-state index contributed by atoms with van der Waals surface area (Å²) in [4.78, 5) is 13.8. The molecule has 0 bridgehead atoms. The molecule has 0 spiro atoms. The average Bonchev–Trinajstić information content (AvgIpc) is 2.76. The summed E-state index contributed by atoms with van der Waals surface area (Å²) in [6, 6.07) is 7.22. The molecule has 194 valence electrons. The maximum absolute atomic E-state index is 12.4. The van der Waals surface area contributed by atoms with Gasteiger partial charge in [0.15, 0.2) is 0 Å². The highest BCUT2D eigenvalue weighted by molar-refractivity contribution is 8.04. The number of unbranched alkanes of at least 4 members (excludes halogenated alkanes) is 1. The molecule has 1 aliphatic carbocycles. The lowest BCUT2D eigenvalue weighted by Crippen LogP contribution is -2.30. The molecular weight excluding hydrogens is 458 g/mol. The minimum Gasteiger partial charge on any atom is -0.381 e. The highest BCUT2D eigenvalue weighted by Crippen LogP contribution is 2.41. The van der Waals surface area contributed by atoms with E-state index in [0.717, 1.165) is 32.5 Å². The van der Waals surface area contributed by atoms with Gasteiger partial charge in [-0.25, -0.2) is 0 Å². The minimum atomic E-state index is 0.135. The number of nitrogens with one attached hydrogen (secondary N) is 1. The second kappa shape index (κ2) is 14.2. The van der Waals surface area contributed by atoms with Crippen LogP contribution in [0.1, 0.15) is 105 Å². The Labute approximate surface area is 218 Å². The molecule has 0 aromatic heterocycles. The van der Waals surface area contributed by atoms with Gasteiger partial charge in [-0.1, -0.05) is 73.8 Å². The monoisotopic (exact) mass is 507 g/mol. The van der Waals surface area contributed by atoms with Crippen LogP contribution in [0, 0.1) is 0 Å². The van der Waals surface area contributed by atoms with Crippen molar-refractivity contribution in [2.75, 3.05) is 25.5 Å². The van der Waals surface area contributed by atoms with Crippen LogP contribution in [0.4, 0.5) is 0 Å². The Bertz CT molecular complexity index is 719. The first-order valence-corrected chi connectivity index (χ1v) is 15.2. The van der Waals surface area contributed by atoms with Crippen molar-refractivity contribution >= 4 is 29.4 Å². The van der Waals surface area contributed by atoms with Gasteiger partial charge in [0.05, 0.1) is 5.75 Å². The third-order valence-corrected chi connectivity index (χ3v) is 9.39. The van der Waals surface area contributed by atoms with Crippen molar-refractivity contribution in [1.82, 2.24) is 5.32 Å². The van der Waals surface area contributed by atoms with Gasteiger partial charge < -0.3 is 10.1 Å². The highest BCUT2D eigenvalue weighted by atomic mass is 32.2. The van der Waals surface area contributed by atoms with Crippen LogP contribution in [0.25, 0.3) is 0 Å². The zero-order chi connectivity index (χ0) is 25.2. The number of ether oxygens (including phenoxy) is 1. The van der Waals surface area contributed by atoms with Gasteiger partial charge >= 0.3 is 0 Å². The fraction of sp³-hybridized carbons (Fsp3) is 0.759. The minimum absolute atomic E-state index is 0.135. The molecule has 5 heteroatoms. The largest absolute Gasteiger partial charge is 0.381 e. The number of thioether (sulfide) groups is 2. The number of hydrogen-bond donors (Lipinski definition) is 1. The molecule has 1 fully saturated rings. The van der Waals surface area contributed by atoms with Crippen molar-refractivity contribution < 1.29 is 9.53 Å². The van der Waals surface area contributed by atoms with Crippen molar-refractivity contribution in [2.24, 2.45) is 0 Å². The number of carbonyl (C=O) groups excluding carboxylic acids is 1. The first-order chi connectivity index (χ1) is 16.0. The van der Waals surface area contributed by atoms with Crippen molar-refractivity contribution in [2.45, 2.75) is 120 Å². The van der Waals surface area contributed by atoms with Crippen LogP contribution in [0.2, 0.25) is 0 Å². The third kappa shape index (κ3) is 10.5. The molecule has 1 saturated carbocycles. The predicted molar refractivity (Wildman–Crippen MR) is 152 cm³/mol. The van der Waals surface area contributed by atoms with Gasteiger partial charge in [-0.2, -0.15) is 0 Å². The van der Waals surface area contributed by atoms with E-state index in [1.807, 2.05) is 23.5 Å². The molecule has 0 saturated heterocycles. The van der Waals surface area contributed by atoms with Crippen LogP contribution in [0.3, 0.4) is 0 Å². The molecule has 34 heavy (non-hydrogen) atoms. The lowest BCUT2D eigenvalue weighted by atomic mass is 9.81. The molecular formula is C29H49NO2S2. The smallest absolute Gasteiger partial charge is 0.230 e. The standard InChI is InChI=1S/C29H49NO2S2/c1-8-9-16-32-17-12-15-30-27(31)21-33-25-13-10-11-14-26(25)34-24-19-22(28(2,3)4)18-23(20-24)29(5,6)7/h18-20,25-26H,8-17,21H2,1-7H3,(H,30,31). The average molecular weight is 508 g/mol. The third-order valence-electron chi connectivity index (χ3n) is 6.43. The lowest BCUT2D eigenvalue weighted by molar-refractivity contribution is -0.118. The highest BCUT2D eigenvalue weighted by Gasteiger charge is 2.28. The number of carbonyl (C=O) groups is 1. The van der Waals surface area contributed by atoms with Gasteiger partial charge in [0.1, 0.15) is 0 Å². The van der Waals surface area contributed by atoms with Crippen molar-refractivity contribution in [3.8, 4) is 0 Å². The van der Waals surface area contributed by atoms with Gasteiger partial charge in [-0.3, -0.25) is 4.79 Å². The van der Waals surface area contributed by atoms with Gasteiger partial charge in [0.25, 0.3) is 0 Å². The van der Waals surface area contributed by atoms with Gasteiger partial charge in [-0.05, 0) is 59.8 Å². The maximum atomic E-state index is 12.4. The fourth-order valence-electron chi connectivity index (χ4n) is 4.08. The Kier molecular flexibility index (Phi) is 12.3. The fourth-order valence-corrected chi connectivity index (χ4v) is 6.95. The van der Waals surface area contributed by atoms with Crippen LogP contribution in [0.5, 0.6) is 0 Å². The molecule has 0 radical (unpaired) electrons. The molecule has 1 amide bonds. The molecule has 1 aromatic carbocycles. The van der Waals surface area contributed by atoms with Gasteiger partial charge in [0, 0.05) is 35.2 Å². The van der Waals surface area contributed by atoms with E-state index in [1.54, 1.807) is 0 Å². The summed E-state index contributed by atoms with van der Waals surface area (Å²) >= 11 is 3.91. The van der Waals surface area contributed by atoms with Crippen LogP contribution in [0.15, 0.2) is 23.1 Å². The van der Waals surface area contributed by atoms with E-state index in [-0.39, 0.29) is 16.7 Å². The predicted octanol–water partition coefficient (Wildman–Crippen LogP) is 7.74. The van der Waals surface area contributed by atoms with Crippen molar-refractivity contribution in [3.05, 3.63) is 29.3 Å². The number of amides is 1. The summed E-state index contributed by atoms with van der Waals surface area (Å²) in [5.41, 5.74) is 3.10. The molecule has 1 aliphatic rings. The van der Waals surface area contributed by atoms with Gasteiger partial charge in [0.2, 0.25) is 5.91 Å². The maximum Gasteiger partial charge on any atom is 0.230 e. The number of hydrogen-bond acceptors (Lipinski definition) is 4. The summed E-state index contributed by atoms with van der Waals surface area (Å²) in [5, 5.41) is 4.19. The van der Waals surface area contributed by atoms with E-state index >= 15 is 0 Å². The molecule has 2 unspecified atom stereocenters. The SMILES string of the molecule is CCCCOCCCNC(=O)CSC1CCCCC1Sc1cc(C(C)(C)C)cc(C(C)(C)C)c1. The molecule has 1 aromatic rings. The molecule has 0 heterocycles. The Balaban J connectivity index is 1.92. The second-order valence-corrected chi connectivity index (χ2v) is 14.2. The second-order valence-electron chi connectivity index (χ2n) is 11.7. The molecule has 2 rings (SSSR count). The first-order valence-electron chi connectivity index (χ1n) is 13.3. The molecule has 1 N–H and O–H groups in total. The van der Waals surface area contributed by atoms with E-state index in [1.165, 1.54) is 41.7 Å². The summed E-state index contributed by atoms with van der Waals surface area (Å²) in [6.45, 7) is 18.3. The van der Waals surface area contributed by atoms with Crippen molar-refractivity contribution in [1.29, 1.82) is 0 Å². The Morgan fingerprint density at radius 2 is 1.53 bits per heavy atom. The van der Waals surface area contributed by atoms with E-state index in [4.69, 9.17) is 4.74 Å². The summed E-state index contributed by atoms with van der Waals surface area (Å²) in [6.07, 6.45) is 8.19. The molecule has 2 atom stereocenters. The number of rotatable bonds is 12. The van der Waals surface area contributed by atoms with Crippen LogP contribution in [-0.4, -0.2) is 41.9 Å². The Hall–Kier alpha value is -0.650. The van der Waals surface area contributed by atoms with Crippen LogP contribution < -0.4 is 5.32 Å². The molecule has 0 aliphatic heterocycles. The summed E-state index contributed by atoms with van der Waals surface area (Å²) in [7, 11) is 0. The number of benzene rings is 1. The normalized spacial score (nSPS) is 19.3. The zero-order valence-electron chi connectivity index (χ0n) is 22.8. The Morgan fingerprint density at radius 3 is 2.12 bits per heavy atom. The first kappa shape index (κ1) is 29.6. The van der Waals surface area contributed by atoms with E-state index < -0.39 is 0 Å². The van der Waals surface area contributed by atoms with E-state index in [2.05, 4.69) is 72.0 Å².